The molecule has 0 radical (unpaired) electrons. The number of unbranched alkanes of at least 4 members (excludes halogenated alkanes) is 1. The molecule has 1 rings (SSSR count). The van der Waals surface area contributed by atoms with Crippen molar-refractivity contribution in [1.29, 1.82) is 0 Å². The lowest BCUT2D eigenvalue weighted by atomic mass is 10.4. The first-order chi connectivity index (χ1) is 7.53. The lowest BCUT2D eigenvalue weighted by Crippen LogP contribution is -2.00. The van der Waals surface area contributed by atoms with Gasteiger partial charge in [-0.15, -0.1) is 0 Å². The first-order valence-electron chi connectivity index (χ1n) is 5.37. The molecule has 0 saturated carbocycles. The average Bonchev–Trinajstić information content (AvgIpc) is 2.24. The molecule has 0 N–H and O–H groups in total. The third-order valence-corrected chi connectivity index (χ3v) is 6.19. The van der Waals surface area contributed by atoms with E-state index < -0.39 is 17.7 Å². The molecule has 0 heterocycles. The highest BCUT2D eigenvalue weighted by molar-refractivity contribution is 7.92. The molecule has 90 valence electrons. The minimum atomic E-state index is -3.23. The van der Waals surface area contributed by atoms with Crippen LogP contribution in [0.15, 0.2) is 34.5 Å². The first kappa shape index (κ1) is 13.5. The third kappa shape index (κ3) is 4.95. The zero-order valence-corrected chi connectivity index (χ0v) is 11.5. The summed E-state index contributed by atoms with van der Waals surface area (Å²) in [6, 6.07) is 9.74. The maximum atomic E-state index is 11.2. The SMILES string of the molecule is CCCC/[PH](=N/S(C)(=O)=O)c1ccccc1. The van der Waals surface area contributed by atoms with E-state index in [1.807, 2.05) is 30.3 Å². The molecular formula is C11H18NO2PS. The molecule has 5 heteroatoms. The number of nitrogens with zero attached hydrogens (tertiary/aromatic N) is 1. The fourth-order valence-corrected chi connectivity index (χ4v) is 5.36. The maximum Gasteiger partial charge on any atom is 0.248 e. The van der Waals surface area contributed by atoms with Crippen LogP contribution in [0.5, 0.6) is 0 Å². The Labute approximate surface area is 98.4 Å². The van der Waals surface area contributed by atoms with Crippen molar-refractivity contribution in [3.05, 3.63) is 30.3 Å². The molecule has 0 aliphatic carbocycles. The third-order valence-electron chi connectivity index (χ3n) is 2.15. The van der Waals surface area contributed by atoms with E-state index in [4.69, 9.17) is 0 Å². The predicted molar refractivity (Wildman–Crippen MR) is 71.4 cm³/mol. The quantitative estimate of drug-likeness (QED) is 0.763. The molecular weight excluding hydrogens is 241 g/mol. The van der Waals surface area contributed by atoms with Gasteiger partial charge in [0.2, 0.25) is 10.0 Å². The molecule has 0 aromatic heterocycles. The van der Waals surface area contributed by atoms with Crippen molar-refractivity contribution in [2.75, 3.05) is 12.4 Å². The van der Waals surface area contributed by atoms with Crippen molar-refractivity contribution in [1.82, 2.24) is 0 Å². The van der Waals surface area contributed by atoms with Crippen molar-refractivity contribution >= 4 is 23.0 Å². The van der Waals surface area contributed by atoms with Gasteiger partial charge < -0.3 is 0 Å². The molecule has 0 bridgehead atoms. The van der Waals surface area contributed by atoms with Gasteiger partial charge in [0.1, 0.15) is 0 Å². The first-order valence-corrected chi connectivity index (χ1v) is 8.87. The fraction of sp³-hybridized carbons (Fsp3) is 0.455. The van der Waals surface area contributed by atoms with E-state index in [0.29, 0.717) is 0 Å². The van der Waals surface area contributed by atoms with Crippen molar-refractivity contribution in [3.8, 4) is 0 Å². The number of hydrogen-bond acceptors (Lipinski definition) is 2. The van der Waals surface area contributed by atoms with Crippen LogP contribution < -0.4 is 5.30 Å². The normalized spacial score (nSPS) is 13.9. The minimum Gasteiger partial charge on any atom is -0.205 e. The van der Waals surface area contributed by atoms with Crippen LogP contribution in [0.4, 0.5) is 0 Å². The Morgan fingerprint density at radius 2 is 1.88 bits per heavy atom. The van der Waals surface area contributed by atoms with E-state index >= 15 is 0 Å². The van der Waals surface area contributed by atoms with E-state index in [-0.39, 0.29) is 0 Å². The van der Waals surface area contributed by atoms with Gasteiger partial charge in [-0.2, -0.15) is 4.15 Å². The highest BCUT2D eigenvalue weighted by Crippen LogP contribution is 2.27. The molecule has 0 aliphatic heterocycles. The number of benzene rings is 1. The Balaban J connectivity index is 3.02. The van der Waals surface area contributed by atoms with E-state index in [2.05, 4.69) is 11.1 Å². The van der Waals surface area contributed by atoms with Crippen LogP contribution in [-0.4, -0.2) is 20.8 Å². The van der Waals surface area contributed by atoms with Gasteiger partial charge in [0, 0.05) is 7.71 Å². The summed E-state index contributed by atoms with van der Waals surface area (Å²) in [6.45, 7) is 2.10. The fourth-order valence-electron chi connectivity index (χ4n) is 1.42. The summed E-state index contributed by atoms with van der Waals surface area (Å²) in [5.74, 6) is 0. The van der Waals surface area contributed by atoms with Gasteiger partial charge in [-0.1, -0.05) is 43.7 Å². The van der Waals surface area contributed by atoms with Crippen LogP contribution in [-0.2, 0) is 10.0 Å². The highest BCUT2D eigenvalue weighted by Gasteiger charge is 2.05. The molecule has 1 atom stereocenters. The number of sulfonamides is 1. The molecule has 1 aromatic carbocycles. The minimum absolute atomic E-state index is 0.887. The van der Waals surface area contributed by atoms with Crippen molar-refractivity contribution < 1.29 is 8.42 Å². The predicted octanol–water partition coefficient (Wildman–Crippen LogP) is 2.47. The Hall–Kier alpha value is -0.600. The molecule has 1 aromatic rings. The van der Waals surface area contributed by atoms with Crippen molar-refractivity contribution in [2.45, 2.75) is 19.8 Å². The highest BCUT2D eigenvalue weighted by atomic mass is 32.2. The van der Waals surface area contributed by atoms with E-state index in [9.17, 15) is 8.42 Å². The van der Waals surface area contributed by atoms with Crippen LogP contribution >= 0.6 is 7.71 Å². The zero-order valence-electron chi connectivity index (χ0n) is 9.68. The Morgan fingerprint density at radius 1 is 1.25 bits per heavy atom. The van der Waals surface area contributed by atoms with Gasteiger partial charge >= 0.3 is 0 Å². The van der Waals surface area contributed by atoms with Gasteiger partial charge in [0.05, 0.1) is 6.26 Å². The van der Waals surface area contributed by atoms with Crippen LogP contribution in [0.2, 0.25) is 0 Å². The summed E-state index contributed by atoms with van der Waals surface area (Å²) in [7, 11) is -4.54. The maximum absolute atomic E-state index is 11.2. The topological polar surface area (TPSA) is 46.5 Å². The molecule has 1 unspecified atom stereocenters. The molecule has 0 aliphatic rings. The molecule has 16 heavy (non-hydrogen) atoms. The molecule has 0 saturated heterocycles. The van der Waals surface area contributed by atoms with Gasteiger partial charge in [-0.05, 0) is 17.9 Å². The van der Waals surface area contributed by atoms with E-state index in [1.165, 1.54) is 6.26 Å². The van der Waals surface area contributed by atoms with Crippen LogP contribution in [0.1, 0.15) is 19.8 Å². The van der Waals surface area contributed by atoms with Gasteiger partial charge in [0.15, 0.2) is 0 Å². The van der Waals surface area contributed by atoms with Crippen LogP contribution in [0, 0.1) is 0 Å². The largest absolute Gasteiger partial charge is 0.248 e. The summed E-state index contributed by atoms with van der Waals surface area (Å²) in [5.41, 5.74) is 0. The summed E-state index contributed by atoms with van der Waals surface area (Å²) in [6.07, 6.45) is 4.16. The summed E-state index contributed by atoms with van der Waals surface area (Å²) in [5, 5.41) is 1.08. The van der Waals surface area contributed by atoms with Gasteiger partial charge in [0.25, 0.3) is 0 Å². The average molecular weight is 259 g/mol. The smallest absolute Gasteiger partial charge is 0.205 e. The van der Waals surface area contributed by atoms with Gasteiger partial charge in [-0.3, -0.25) is 0 Å². The second kappa shape index (κ2) is 6.21. The Morgan fingerprint density at radius 3 is 2.38 bits per heavy atom. The lowest BCUT2D eigenvalue weighted by molar-refractivity contribution is 0.604. The van der Waals surface area contributed by atoms with E-state index in [0.717, 1.165) is 24.3 Å². The van der Waals surface area contributed by atoms with Gasteiger partial charge in [-0.25, -0.2) is 8.42 Å². The van der Waals surface area contributed by atoms with Crippen LogP contribution in [0.3, 0.4) is 0 Å². The van der Waals surface area contributed by atoms with Crippen LogP contribution in [0.25, 0.3) is 0 Å². The summed E-state index contributed by atoms with van der Waals surface area (Å²) in [4.78, 5) is 0. The molecule has 0 fully saturated rings. The summed E-state index contributed by atoms with van der Waals surface area (Å²) >= 11 is 0. The second-order valence-electron chi connectivity index (χ2n) is 3.74. The second-order valence-corrected chi connectivity index (χ2v) is 7.91. The zero-order chi connectivity index (χ0) is 12.0. The molecule has 3 nitrogen and oxygen atoms in total. The Kier molecular flexibility index (Phi) is 5.23. The van der Waals surface area contributed by atoms with Crippen molar-refractivity contribution in [3.63, 3.8) is 0 Å². The van der Waals surface area contributed by atoms with E-state index in [1.54, 1.807) is 0 Å². The number of rotatable bonds is 5. The summed E-state index contributed by atoms with van der Waals surface area (Å²) < 4.78 is 26.5. The standard InChI is InChI=1S/C11H18NO2PS/c1-3-4-10-15(12-16(2,13)14)11-8-6-5-7-9-11/h5-9,15H,3-4,10H2,1-2H3. The number of hydrogen-bond donors (Lipinski definition) is 0. The lowest BCUT2D eigenvalue weighted by Gasteiger charge is -2.06. The monoisotopic (exact) mass is 259 g/mol. The molecule has 0 amide bonds. The molecule has 0 spiro atoms. The van der Waals surface area contributed by atoms with Crippen molar-refractivity contribution in [2.24, 2.45) is 4.15 Å². The Bertz CT molecular complexity index is 454.